The normalized spacial score (nSPS) is 17.6. The van der Waals surface area contributed by atoms with Crippen molar-refractivity contribution >= 4 is 23.3 Å². The lowest BCUT2D eigenvalue weighted by molar-refractivity contribution is 0.198. The van der Waals surface area contributed by atoms with Crippen LogP contribution in [0.3, 0.4) is 0 Å². The third-order valence-corrected chi connectivity index (χ3v) is 3.81. The summed E-state index contributed by atoms with van der Waals surface area (Å²) in [5.41, 5.74) is 2.95. The van der Waals surface area contributed by atoms with E-state index in [0.29, 0.717) is 11.6 Å². The van der Waals surface area contributed by atoms with Crippen molar-refractivity contribution in [3.63, 3.8) is 0 Å². The summed E-state index contributed by atoms with van der Waals surface area (Å²) in [6.07, 6.45) is 0. The van der Waals surface area contributed by atoms with Gasteiger partial charge in [0.2, 0.25) is 0 Å². The molecule has 1 unspecified atom stereocenters. The number of rotatable bonds is 2. The molecule has 0 spiro atoms. The summed E-state index contributed by atoms with van der Waals surface area (Å²) in [7, 11) is 0. The molecule has 1 heterocycles. The number of nitrogens with one attached hydrogen (secondary N) is 1. The molecule has 0 fully saturated rings. The minimum atomic E-state index is -0.0938. The van der Waals surface area contributed by atoms with Gasteiger partial charge in [0.05, 0.1) is 6.04 Å². The maximum Gasteiger partial charge on any atom is 0.322 e. The minimum absolute atomic E-state index is 0.0730. The average molecular weight is 287 g/mol. The molecule has 1 aliphatic heterocycles. The van der Waals surface area contributed by atoms with Crippen LogP contribution in [0.25, 0.3) is 0 Å². The summed E-state index contributed by atoms with van der Waals surface area (Å²) in [6.45, 7) is 2.61. The first kappa shape index (κ1) is 13.0. The quantitative estimate of drug-likeness (QED) is 0.877. The highest BCUT2D eigenvalue weighted by atomic mass is 35.5. The van der Waals surface area contributed by atoms with E-state index < -0.39 is 0 Å². The van der Waals surface area contributed by atoms with Gasteiger partial charge in [0.25, 0.3) is 0 Å². The van der Waals surface area contributed by atoms with Crippen LogP contribution < -0.4 is 5.32 Å². The van der Waals surface area contributed by atoms with E-state index >= 15 is 0 Å². The molecule has 0 aliphatic carbocycles. The highest BCUT2D eigenvalue weighted by Gasteiger charge is 2.32. The van der Waals surface area contributed by atoms with Crippen LogP contribution >= 0.6 is 11.6 Å². The Labute approximate surface area is 123 Å². The standard InChI is InChI=1S/C16H15ClN2O/c1-2-19-15(11-6-4-3-5-7-11)13-10-12(17)8-9-14(13)18-16(19)20/h3-10,15H,2H2,1H3,(H,18,20). The van der Waals surface area contributed by atoms with Crippen LogP contribution in [0, 0.1) is 0 Å². The fraction of sp³-hybridized carbons (Fsp3) is 0.188. The van der Waals surface area contributed by atoms with E-state index in [0.717, 1.165) is 16.8 Å². The van der Waals surface area contributed by atoms with Crippen molar-refractivity contribution in [2.75, 3.05) is 11.9 Å². The number of nitrogens with zero attached hydrogens (tertiary/aromatic N) is 1. The van der Waals surface area contributed by atoms with Crippen LogP contribution in [0.15, 0.2) is 48.5 Å². The summed E-state index contributed by atoms with van der Waals surface area (Å²) in [4.78, 5) is 14.1. The number of urea groups is 1. The van der Waals surface area contributed by atoms with Gasteiger partial charge >= 0.3 is 6.03 Å². The van der Waals surface area contributed by atoms with Crippen LogP contribution in [0.4, 0.5) is 10.5 Å². The summed E-state index contributed by atoms with van der Waals surface area (Å²) >= 11 is 6.13. The smallest absolute Gasteiger partial charge is 0.314 e. The van der Waals surface area contributed by atoms with E-state index in [1.165, 1.54) is 0 Å². The molecular formula is C16H15ClN2O. The lowest BCUT2D eigenvalue weighted by Gasteiger charge is -2.37. The minimum Gasteiger partial charge on any atom is -0.314 e. The fourth-order valence-electron chi connectivity index (χ4n) is 2.67. The zero-order valence-electron chi connectivity index (χ0n) is 11.1. The Kier molecular flexibility index (Phi) is 3.36. The molecule has 1 aliphatic rings. The van der Waals surface area contributed by atoms with Crippen molar-refractivity contribution < 1.29 is 4.79 Å². The van der Waals surface area contributed by atoms with Gasteiger partial charge in [-0.15, -0.1) is 0 Å². The summed E-state index contributed by atoms with van der Waals surface area (Å²) in [6, 6.07) is 15.4. The topological polar surface area (TPSA) is 32.3 Å². The Morgan fingerprint density at radius 3 is 2.65 bits per heavy atom. The molecule has 0 radical (unpaired) electrons. The molecule has 102 valence electrons. The number of hydrogen-bond acceptors (Lipinski definition) is 1. The number of benzene rings is 2. The molecule has 4 heteroatoms. The van der Waals surface area contributed by atoms with Crippen LogP contribution in [-0.2, 0) is 0 Å². The summed E-state index contributed by atoms with van der Waals surface area (Å²) < 4.78 is 0. The Morgan fingerprint density at radius 2 is 1.95 bits per heavy atom. The van der Waals surface area contributed by atoms with Crippen LogP contribution in [-0.4, -0.2) is 17.5 Å². The molecule has 0 aromatic heterocycles. The van der Waals surface area contributed by atoms with Gasteiger partial charge in [-0.3, -0.25) is 0 Å². The molecule has 2 amide bonds. The zero-order chi connectivity index (χ0) is 14.1. The number of hydrogen-bond donors (Lipinski definition) is 1. The number of amides is 2. The van der Waals surface area contributed by atoms with Gasteiger partial charge < -0.3 is 10.2 Å². The summed E-state index contributed by atoms with van der Waals surface area (Å²) in [5.74, 6) is 0. The predicted octanol–water partition coefficient (Wildman–Crippen LogP) is 4.30. The van der Waals surface area contributed by atoms with Gasteiger partial charge in [-0.25, -0.2) is 4.79 Å². The molecular weight excluding hydrogens is 272 g/mol. The van der Waals surface area contributed by atoms with E-state index in [1.807, 2.05) is 54.3 Å². The Bertz CT molecular complexity index is 642. The average Bonchev–Trinajstić information content (AvgIpc) is 2.47. The number of carbonyl (C=O) groups excluding carboxylic acids is 1. The van der Waals surface area contributed by atoms with E-state index in [-0.39, 0.29) is 12.1 Å². The Morgan fingerprint density at radius 1 is 1.20 bits per heavy atom. The second kappa shape index (κ2) is 5.17. The van der Waals surface area contributed by atoms with Gasteiger partial charge in [-0.2, -0.15) is 0 Å². The SMILES string of the molecule is CCN1C(=O)Nc2ccc(Cl)cc2C1c1ccccc1. The number of halogens is 1. The summed E-state index contributed by atoms with van der Waals surface area (Å²) in [5, 5.41) is 3.59. The van der Waals surface area contributed by atoms with Gasteiger partial charge in [0.1, 0.15) is 0 Å². The molecule has 2 aromatic rings. The second-order valence-corrected chi connectivity index (χ2v) is 5.20. The Hall–Kier alpha value is -2.00. The van der Waals surface area contributed by atoms with E-state index in [1.54, 1.807) is 6.07 Å². The maximum absolute atomic E-state index is 12.2. The van der Waals surface area contributed by atoms with Crippen molar-refractivity contribution in [3.8, 4) is 0 Å². The van der Waals surface area contributed by atoms with Crippen molar-refractivity contribution in [1.29, 1.82) is 0 Å². The lowest BCUT2D eigenvalue weighted by atomic mass is 9.94. The zero-order valence-corrected chi connectivity index (χ0v) is 11.9. The largest absolute Gasteiger partial charge is 0.322 e. The number of anilines is 1. The molecule has 0 saturated heterocycles. The van der Waals surface area contributed by atoms with E-state index in [2.05, 4.69) is 5.32 Å². The molecule has 1 N–H and O–H groups in total. The molecule has 3 nitrogen and oxygen atoms in total. The van der Waals surface area contributed by atoms with Gasteiger partial charge in [-0.1, -0.05) is 41.9 Å². The van der Waals surface area contributed by atoms with E-state index in [9.17, 15) is 4.79 Å². The third kappa shape index (κ3) is 2.14. The molecule has 0 bridgehead atoms. The third-order valence-electron chi connectivity index (χ3n) is 3.58. The monoisotopic (exact) mass is 286 g/mol. The van der Waals surface area contributed by atoms with Crippen molar-refractivity contribution in [1.82, 2.24) is 4.90 Å². The van der Waals surface area contributed by atoms with Crippen molar-refractivity contribution in [3.05, 3.63) is 64.7 Å². The van der Waals surface area contributed by atoms with Gasteiger partial charge in [0.15, 0.2) is 0 Å². The number of carbonyl (C=O) groups is 1. The first-order chi connectivity index (χ1) is 9.70. The predicted molar refractivity (Wildman–Crippen MR) is 81.1 cm³/mol. The van der Waals surface area contributed by atoms with Crippen molar-refractivity contribution in [2.24, 2.45) is 0 Å². The highest BCUT2D eigenvalue weighted by Crippen LogP contribution is 2.38. The molecule has 2 aromatic carbocycles. The molecule has 3 rings (SSSR count). The van der Waals surface area contributed by atoms with Crippen LogP contribution in [0.5, 0.6) is 0 Å². The van der Waals surface area contributed by atoms with Gasteiger partial charge in [0, 0.05) is 22.8 Å². The van der Waals surface area contributed by atoms with Crippen molar-refractivity contribution in [2.45, 2.75) is 13.0 Å². The molecule has 20 heavy (non-hydrogen) atoms. The van der Waals surface area contributed by atoms with E-state index in [4.69, 9.17) is 11.6 Å². The van der Waals surface area contributed by atoms with Crippen LogP contribution in [0.1, 0.15) is 24.1 Å². The highest BCUT2D eigenvalue weighted by molar-refractivity contribution is 6.30. The first-order valence-electron chi connectivity index (χ1n) is 6.62. The van der Waals surface area contributed by atoms with Crippen LogP contribution in [0.2, 0.25) is 5.02 Å². The maximum atomic E-state index is 12.2. The second-order valence-electron chi connectivity index (χ2n) is 4.76. The van der Waals surface area contributed by atoms with Gasteiger partial charge in [-0.05, 0) is 30.7 Å². The molecule has 0 saturated carbocycles. The number of fused-ring (bicyclic) bond motifs is 1. The lowest BCUT2D eigenvalue weighted by Crippen LogP contribution is -2.42. The molecule has 1 atom stereocenters. The Balaban J connectivity index is 2.18. The first-order valence-corrected chi connectivity index (χ1v) is 7.00. The fourth-order valence-corrected chi connectivity index (χ4v) is 2.85.